The van der Waals surface area contributed by atoms with Crippen molar-refractivity contribution in [3.8, 4) is 0 Å². The van der Waals surface area contributed by atoms with Crippen LogP contribution in [-0.4, -0.2) is 23.9 Å². The van der Waals surface area contributed by atoms with E-state index in [-0.39, 0.29) is 5.82 Å². The number of aliphatic hydroxyl groups is 1. The number of halogens is 1. The van der Waals surface area contributed by atoms with Gasteiger partial charge >= 0.3 is 0 Å². The summed E-state index contributed by atoms with van der Waals surface area (Å²) in [6.07, 6.45) is 6.25. The first-order valence-electron chi connectivity index (χ1n) is 7.14. The third-order valence-electron chi connectivity index (χ3n) is 4.28. The highest BCUT2D eigenvalue weighted by molar-refractivity contribution is 5.18. The summed E-state index contributed by atoms with van der Waals surface area (Å²) >= 11 is 0. The van der Waals surface area contributed by atoms with E-state index in [1.54, 1.807) is 13.2 Å². The summed E-state index contributed by atoms with van der Waals surface area (Å²) in [6.45, 7) is 0. The van der Waals surface area contributed by atoms with Crippen LogP contribution in [0.15, 0.2) is 24.3 Å². The highest BCUT2D eigenvalue weighted by atomic mass is 19.1. The van der Waals surface area contributed by atoms with Crippen molar-refractivity contribution in [1.82, 2.24) is 0 Å². The molecule has 1 N–H and O–H groups in total. The fourth-order valence-corrected chi connectivity index (χ4v) is 3.07. The minimum absolute atomic E-state index is 0.253. The van der Waals surface area contributed by atoms with Crippen LogP contribution in [0.1, 0.15) is 44.1 Å². The van der Waals surface area contributed by atoms with Crippen LogP contribution in [-0.2, 0) is 11.2 Å². The first-order chi connectivity index (χ1) is 9.16. The van der Waals surface area contributed by atoms with Crippen molar-refractivity contribution in [2.24, 2.45) is 0 Å². The molecule has 0 amide bonds. The van der Waals surface area contributed by atoms with Crippen LogP contribution < -0.4 is 0 Å². The van der Waals surface area contributed by atoms with E-state index in [9.17, 15) is 9.50 Å². The number of rotatable bonds is 4. The van der Waals surface area contributed by atoms with E-state index in [0.717, 1.165) is 31.2 Å². The first-order valence-corrected chi connectivity index (χ1v) is 7.14. The van der Waals surface area contributed by atoms with Gasteiger partial charge in [-0.1, -0.05) is 37.8 Å². The highest BCUT2D eigenvalue weighted by Gasteiger charge is 2.38. The van der Waals surface area contributed by atoms with E-state index in [2.05, 4.69) is 0 Å². The van der Waals surface area contributed by atoms with Gasteiger partial charge in [0.05, 0.1) is 11.7 Å². The summed E-state index contributed by atoms with van der Waals surface area (Å²) in [5.41, 5.74) is 0.371. The van der Waals surface area contributed by atoms with Gasteiger partial charge in [-0.25, -0.2) is 4.39 Å². The lowest BCUT2D eigenvalue weighted by molar-refractivity contribution is -0.111. The Hall–Kier alpha value is -0.930. The average molecular weight is 266 g/mol. The molecule has 1 unspecified atom stereocenters. The van der Waals surface area contributed by atoms with E-state index in [4.69, 9.17) is 4.74 Å². The molecule has 2 nitrogen and oxygen atoms in total. The standard InChI is InChI=1S/C16H23FO2/c1-19-16(9-4-2-3-5-10-16)15(18)12-13-7-6-8-14(17)11-13/h6-8,11,15,18H,2-5,9-10,12H2,1H3. The summed E-state index contributed by atoms with van der Waals surface area (Å²) in [6, 6.07) is 6.45. The van der Waals surface area contributed by atoms with Crippen molar-refractivity contribution >= 4 is 0 Å². The zero-order valence-corrected chi connectivity index (χ0v) is 11.6. The third-order valence-corrected chi connectivity index (χ3v) is 4.28. The zero-order valence-electron chi connectivity index (χ0n) is 11.6. The molecular formula is C16H23FO2. The highest BCUT2D eigenvalue weighted by Crippen LogP contribution is 2.34. The van der Waals surface area contributed by atoms with Crippen LogP contribution >= 0.6 is 0 Å². The van der Waals surface area contributed by atoms with Crippen LogP contribution in [0.2, 0.25) is 0 Å². The molecule has 2 rings (SSSR count). The molecule has 0 bridgehead atoms. The Bertz CT molecular complexity index is 397. The topological polar surface area (TPSA) is 29.5 Å². The number of benzene rings is 1. The molecule has 106 valence electrons. The van der Waals surface area contributed by atoms with E-state index in [1.165, 1.54) is 25.0 Å². The first kappa shape index (κ1) is 14.5. The number of hydrogen-bond donors (Lipinski definition) is 1. The molecule has 1 aliphatic rings. The Kier molecular flexibility index (Phi) is 4.94. The fraction of sp³-hybridized carbons (Fsp3) is 0.625. The molecule has 1 aromatic rings. The largest absolute Gasteiger partial charge is 0.390 e. The molecule has 1 aliphatic carbocycles. The van der Waals surface area contributed by atoms with Crippen LogP contribution in [0.4, 0.5) is 4.39 Å². The smallest absolute Gasteiger partial charge is 0.123 e. The molecule has 3 heteroatoms. The Balaban J connectivity index is 2.09. The molecule has 0 aromatic heterocycles. The summed E-state index contributed by atoms with van der Waals surface area (Å²) in [4.78, 5) is 0. The van der Waals surface area contributed by atoms with Gasteiger partial charge in [0.2, 0.25) is 0 Å². The molecule has 0 saturated heterocycles. The lowest BCUT2D eigenvalue weighted by atomic mass is 9.85. The predicted molar refractivity (Wildman–Crippen MR) is 73.6 cm³/mol. The molecule has 0 aliphatic heterocycles. The summed E-state index contributed by atoms with van der Waals surface area (Å²) < 4.78 is 18.9. The predicted octanol–water partition coefficient (Wildman–Crippen LogP) is 3.47. The number of ether oxygens (including phenoxy) is 1. The Morgan fingerprint density at radius 3 is 2.53 bits per heavy atom. The third kappa shape index (κ3) is 3.54. The van der Waals surface area contributed by atoms with Crippen molar-refractivity contribution in [3.05, 3.63) is 35.6 Å². The molecule has 1 aromatic carbocycles. The van der Waals surface area contributed by atoms with Gasteiger partial charge in [-0.2, -0.15) is 0 Å². The Morgan fingerprint density at radius 2 is 1.95 bits per heavy atom. The number of hydrogen-bond acceptors (Lipinski definition) is 2. The van der Waals surface area contributed by atoms with E-state index < -0.39 is 11.7 Å². The lowest BCUT2D eigenvalue weighted by Gasteiger charge is -2.36. The fourth-order valence-electron chi connectivity index (χ4n) is 3.07. The lowest BCUT2D eigenvalue weighted by Crippen LogP contribution is -2.45. The van der Waals surface area contributed by atoms with Gasteiger partial charge in [0.25, 0.3) is 0 Å². The second kappa shape index (κ2) is 6.49. The summed E-state index contributed by atoms with van der Waals surface area (Å²) in [5, 5.41) is 10.5. The van der Waals surface area contributed by atoms with Gasteiger partial charge in [0.1, 0.15) is 5.82 Å². The monoisotopic (exact) mass is 266 g/mol. The van der Waals surface area contributed by atoms with Crippen LogP contribution in [0.25, 0.3) is 0 Å². The van der Waals surface area contributed by atoms with Gasteiger partial charge < -0.3 is 9.84 Å². The molecular weight excluding hydrogens is 243 g/mol. The molecule has 0 radical (unpaired) electrons. The average Bonchev–Trinajstić information content (AvgIpc) is 2.65. The maximum absolute atomic E-state index is 13.2. The Morgan fingerprint density at radius 1 is 1.26 bits per heavy atom. The van der Waals surface area contributed by atoms with Crippen molar-refractivity contribution in [1.29, 1.82) is 0 Å². The molecule has 0 spiro atoms. The normalized spacial score (nSPS) is 20.8. The van der Waals surface area contributed by atoms with Gasteiger partial charge in [-0.05, 0) is 30.5 Å². The van der Waals surface area contributed by atoms with Crippen molar-refractivity contribution in [2.45, 2.75) is 56.7 Å². The maximum Gasteiger partial charge on any atom is 0.123 e. The number of aliphatic hydroxyl groups excluding tert-OH is 1. The van der Waals surface area contributed by atoms with Crippen molar-refractivity contribution in [2.75, 3.05) is 7.11 Å². The van der Waals surface area contributed by atoms with Crippen molar-refractivity contribution in [3.63, 3.8) is 0 Å². The van der Waals surface area contributed by atoms with Crippen LogP contribution in [0.5, 0.6) is 0 Å². The summed E-state index contributed by atoms with van der Waals surface area (Å²) in [7, 11) is 1.68. The second-order valence-electron chi connectivity index (χ2n) is 5.53. The van der Waals surface area contributed by atoms with E-state index in [0.29, 0.717) is 6.42 Å². The Labute approximate surface area is 114 Å². The van der Waals surface area contributed by atoms with Gasteiger partial charge in [-0.3, -0.25) is 0 Å². The van der Waals surface area contributed by atoms with E-state index in [1.807, 2.05) is 6.07 Å². The SMILES string of the molecule is COC1(C(O)Cc2cccc(F)c2)CCCCCC1. The molecule has 1 atom stereocenters. The van der Waals surface area contributed by atoms with Gasteiger partial charge in [-0.15, -0.1) is 0 Å². The molecule has 19 heavy (non-hydrogen) atoms. The molecule has 1 fully saturated rings. The maximum atomic E-state index is 13.2. The van der Waals surface area contributed by atoms with E-state index >= 15 is 0 Å². The number of methoxy groups -OCH3 is 1. The quantitative estimate of drug-likeness (QED) is 0.846. The minimum Gasteiger partial charge on any atom is -0.390 e. The second-order valence-corrected chi connectivity index (χ2v) is 5.53. The molecule has 1 saturated carbocycles. The van der Waals surface area contributed by atoms with Crippen molar-refractivity contribution < 1.29 is 14.2 Å². The summed E-state index contributed by atoms with van der Waals surface area (Å²) in [5.74, 6) is -0.253. The van der Waals surface area contributed by atoms with Gasteiger partial charge in [0.15, 0.2) is 0 Å². The minimum atomic E-state index is -0.572. The zero-order chi connectivity index (χ0) is 13.7. The van der Waals surface area contributed by atoms with Crippen LogP contribution in [0.3, 0.4) is 0 Å². The molecule has 0 heterocycles. The van der Waals surface area contributed by atoms with Crippen LogP contribution in [0, 0.1) is 5.82 Å². The van der Waals surface area contributed by atoms with Gasteiger partial charge in [0, 0.05) is 13.5 Å².